The predicted octanol–water partition coefficient (Wildman–Crippen LogP) is 2.73. The highest BCUT2D eigenvalue weighted by molar-refractivity contribution is 5.94. The summed E-state index contributed by atoms with van der Waals surface area (Å²) >= 11 is 0. The predicted molar refractivity (Wildman–Crippen MR) is 91.4 cm³/mol. The Morgan fingerprint density at radius 2 is 1.68 bits per heavy atom. The van der Waals surface area contributed by atoms with E-state index in [2.05, 4.69) is 26.1 Å². The van der Waals surface area contributed by atoms with Crippen molar-refractivity contribution in [2.24, 2.45) is 0 Å². The van der Waals surface area contributed by atoms with Crippen LogP contribution in [0.15, 0.2) is 48.5 Å². The highest BCUT2D eigenvalue weighted by atomic mass is 19.1. The summed E-state index contributed by atoms with van der Waals surface area (Å²) in [6, 6.07) is 12.1. The van der Waals surface area contributed by atoms with Crippen molar-refractivity contribution in [3.8, 4) is 0 Å². The minimum Gasteiger partial charge on any atom is -0.550 e. The number of rotatable bonds is 5. The van der Waals surface area contributed by atoms with E-state index < -0.39 is 30.2 Å². The van der Waals surface area contributed by atoms with Gasteiger partial charge in [-0.05, 0) is 28.7 Å². The molecule has 0 spiro atoms. The summed E-state index contributed by atoms with van der Waals surface area (Å²) in [5.74, 6) is -2.61. The van der Waals surface area contributed by atoms with Crippen LogP contribution >= 0.6 is 0 Å². The van der Waals surface area contributed by atoms with Crippen LogP contribution in [0, 0.1) is 5.82 Å². The maximum absolute atomic E-state index is 13.8. The molecule has 0 aliphatic carbocycles. The second-order valence-corrected chi connectivity index (χ2v) is 6.95. The first kappa shape index (κ1) is 18.6. The number of carboxylic acids is 1. The summed E-state index contributed by atoms with van der Waals surface area (Å²) in [6.07, 6.45) is -0.394. The zero-order valence-corrected chi connectivity index (χ0v) is 14.5. The van der Waals surface area contributed by atoms with Crippen molar-refractivity contribution >= 4 is 11.9 Å². The van der Waals surface area contributed by atoms with Gasteiger partial charge in [0.2, 0.25) is 0 Å². The third-order valence-corrected chi connectivity index (χ3v) is 3.97. The van der Waals surface area contributed by atoms with Gasteiger partial charge in [-0.2, -0.15) is 0 Å². The number of benzene rings is 2. The average molecular weight is 342 g/mol. The maximum atomic E-state index is 13.8. The molecule has 0 aliphatic heterocycles. The molecule has 0 unspecified atom stereocenters. The van der Waals surface area contributed by atoms with Crippen LogP contribution in [0.5, 0.6) is 0 Å². The number of nitrogens with one attached hydrogen (secondary N) is 1. The lowest BCUT2D eigenvalue weighted by atomic mass is 9.86. The first-order chi connectivity index (χ1) is 11.7. The molecular weight excluding hydrogens is 321 g/mol. The molecule has 132 valence electrons. The molecule has 0 aliphatic rings. The molecule has 4 nitrogen and oxygen atoms in total. The van der Waals surface area contributed by atoms with Crippen LogP contribution in [-0.2, 0) is 10.2 Å². The van der Waals surface area contributed by atoms with Gasteiger partial charge < -0.3 is 15.2 Å². The van der Waals surface area contributed by atoms with Gasteiger partial charge in [-0.1, -0.05) is 57.2 Å². The van der Waals surface area contributed by atoms with Gasteiger partial charge in [0, 0.05) is 12.4 Å². The van der Waals surface area contributed by atoms with Crippen LogP contribution in [0.2, 0.25) is 0 Å². The number of halogens is 1. The van der Waals surface area contributed by atoms with Crippen LogP contribution in [0.3, 0.4) is 0 Å². The van der Waals surface area contributed by atoms with E-state index in [1.54, 1.807) is 18.2 Å². The standard InChI is InChI=1S/C20H22FNO3/c1-20(2,3)14-10-8-13(9-11-14)17(12-18(23)24)22-19(25)15-6-4-5-7-16(15)21/h4-11,17H,12H2,1-3H3,(H,22,25)(H,23,24)/p-1/t17-/m0/s1. The molecule has 5 heteroatoms. The minimum atomic E-state index is -1.29. The van der Waals surface area contributed by atoms with Crippen LogP contribution in [0.25, 0.3) is 0 Å². The van der Waals surface area contributed by atoms with Crippen LogP contribution in [0.4, 0.5) is 4.39 Å². The molecule has 25 heavy (non-hydrogen) atoms. The Morgan fingerprint density at radius 3 is 2.20 bits per heavy atom. The van der Waals surface area contributed by atoms with E-state index in [0.29, 0.717) is 5.56 Å². The fraction of sp³-hybridized carbons (Fsp3) is 0.300. The van der Waals surface area contributed by atoms with Crippen molar-refractivity contribution < 1.29 is 19.1 Å². The number of carboxylic acid groups (broad SMARTS) is 1. The van der Waals surface area contributed by atoms with E-state index in [1.807, 2.05) is 12.1 Å². The van der Waals surface area contributed by atoms with Crippen LogP contribution in [-0.4, -0.2) is 11.9 Å². The topological polar surface area (TPSA) is 69.2 Å². The highest BCUT2D eigenvalue weighted by Gasteiger charge is 2.19. The Balaban J connectivity index is 2.26. The Morgan fingerprint density at radius 1 is 1.08 bits per heavy atom. The van der Waals surface area contributed by atoms with E-state index in [0.717, 1.165) is 5.56 Å². The molecule has 0 saturated heterocycles. The van der Waals surface area contributed by atoms with Crippen molar-refractivity contribution in [3.63, 3.8) is 0 Å². The first-order valence-corrected chi connectivity index (χ1v) is 8.04. The van der Waals surface area contributed by atoms with Gasteiger partial charge in [0.15, 0.2) is 0 Å². The van der Waals surface area contributed by atoms with E-state index >= 15 is 0 Å². The lowest BCUT2D eigenvalue weighted by Crippen LogP contribution is -2.34. The number of hydrogen-bond acceptors (Lipinski definition) is 3. The van der Waals surface area contributed by atoms with Gasteiger partial charge in [-0.3, -0.25) is 4.79 Å². The number of carbonyl (C=O) groups excluding carboxylic acids is 2. The molecule has 0 radical (unpaired) electrons. The number of amides is 1. The molecule has 2 aromatic carbocycles. The summed E-state index contributed by atoms with van der Waals surface area (Å²) in [5.41, 5.74) is 1.54. The highest BCUT2D eigenvalue weighted by Crippen LogP contribution is 2.25. The molecule has 1 amide bonds. The monoisotopic (exact) mass is 342 g/mol. The number of aliphatic carboxylic acids is 1. The third kappa shape index (κ3) is 4.89. The van der Waals surface area contributed by atoms with E-state index in [9.17, 15) is 19.1 Å². The fourth-order valence-electron chi connectivity index (χ4n) is 2.52. The summed E-state index contributed by atoms with van der Waals surface area (Å²) in [7, 11) is 0. The van der Waals surface area contributed by atoms with Gasteiger partial charge in [0.1, 0.15) is 5.82 Å². The molecule has 0 saturated carbocycles. The van der Waals surface area contributed by atoms with Crippen LogP contribution < -0.4 is 10.4 Å². The molecule has 0 fully saturated rings. The second-order valence-electron chi connectivity index (χ2n) is 6.95. The quantitative estimate of drug-likeness (QED) is 0.908. The average Bonchev–Trinajstić information content (AvgIpc) is 2.53. The molecular formula is C20H21FNO3-. The van der Waals surface area contributed by atoms with Crippen molar-refractivity contribution in [2.75, 3.05) is 0 Å². The number of carbonyl (C=O) groups is 2. The Hall–Kier alpha value is -2.69. The van der Waals surface area contributed by atoms with Gasteiger partial charge >= 0.3 is 0 Å². The number of hydrogen-bond donors (Lipinski definition) is 1. The van der Waals surface area contributed by atoms with Crippen molar-refractivity contribution in [2.45, 2.75) is 38.6 Å². The fourth-order valence-corrected chi connectivity index (χ4v) is 2.52. The van der Waals surface area contributed by atoms with Gasteiger partial charge in [0.25, 0.3) is 5.91 Å². The molecule has 0 aromatic heterocycles. The van der Waals surface area contributed by atoms with Crippen LogP contribution in [0.1, 0.15) is 54.7 Å². The Labute approximate surface area is 146 Å². The summed E-state index contributed by atoms with van der Waals surface area (Å²) in [6.45, 7) is 6.21. The summed E-state index contributed by atoms with van der Waals surface area (Å²) < 4.78 is 13.8. The van der Waals surface area contributed by atoms with Crippen molar-refractivity contribution in [1.29, 1.82) is 0 Å². The normalized spacial score (nSPS) is 12.5. The zero-order valence-electron chi connectivity index (χ0n) is 14.5. The molecule has 2 aromatic rings. The molecule has 0 bridgehead atoms. The van der Waals surface area contributed by atoms with Gasteiger partial charge in [-0.25, -0.2) is 4.39 Å². The smallest absolute Gasteiger partial charge is 0.254 e. The van der Waals surface area contributed by atoms with E-state index in [-0.39, 0.29) is 11.0 Å². The van der Waals surface area contributed by atoms with Gasteiger partial charge in [0.05, 0.1) is 11.6 Å². The third-order valence-electron chi connectivity index (χ3n) is 3.97. The lowest BCUT2D eigenvalue weighted by Gasteiger charge is -2.23. The van der Waals surface area contributed by atoms with E-state index in [4.69, 9.17) is 0 Å². The molecule has 0 heterocycles. The Bertz CT molecular complexity index is 763. The first-order valence-electron chi connectivity index (χ1n) is 8.04. The van der Waals surface area contributed by atoms with Crippen molar-refractivity contribution in [3.05, 3.63) is 71.0 Å². The molecule has 2 rings (SSSR count). The molecule has 1 atom stereocenters. The minimum absolute atomic E-state index is 0.0429. The van der Waals surface area contributed by atoms with Gasteiger partial charge in [-0.15, -0.1) is 0 Å². The van der Waals surface area contributed by atoms with Crippen molar-refractivity contribution in [1.82, 2.24) is 5.32 Å². The van der Waals surface area contributed by atoms with E-state index in [1.165, 1.54) is 18.2 Å². The largest absolute Gasteiger partial charge is 0.550 e. The second kappa shape index (κ2) is 7.47. The molecule has 1 N–H and O–H groups in total. The Kier molecular flexibility index (Phi) is 5.57. The SMILES string of the molecule is CC(C)(C)c1ccc([C@H](CC(=O)[O-])NC(=O)c2ccccc2F)cc1. The zero-order chi connectivity index (χ0) is 18.6. The summed E-state index contributed by atoms with van der Waals surface area (Å²) in [4.78, 5) is 23.4. The maximum Gasteiger partial charge on any atom is 0.254 e. The lowest BCUT2D eigenvalue weighted by molar-refractivity contribution is -0.306. The summed E-state index contributed by atoms with van der Waals surface area (Å²) in [5, 5.41) is 13.6.